The zero-order valence-electron chi connectivity index (χ0n) is 36.0. The standard InChI is InChI=1S/C51H61O5P/c1-30(2)53-41-24-16-25-42(54-31(3)4)49(41)39-22-15-23-40(50-43(55-32(5)6)26-17-27-44(50)56-33(7)8)51(39)57-45(47-34(9)18-13-19-35(47)10)28-38(52)29-46(57)48-36(11)20-14-21-37(48)12/h13-27,30-33,45-46H,28-29H2,1-12H3. The molecular formula is C51H61O5P. The van der Waals surface area contributed by atoms with Crippen molar-refractivity contribution >= 4 is 19.0 Å². The largest absolute Gasteiger partial charge is 0.490 e. The summed E-state index contributed by atoms with van der Waals surface area (Å²) in [6.45, 7) is 25.4. The van der Waals surface area contributed by atoms with Crippen LogP contribution in [0.3, 0.4) is 0 Å². The van der Waals surface area contributed by atoms with Crippen LogP contribution in [-0.4, -0.2) is 30.2 Å². The molecule has 57 heavy (non-hydrogen) atoms. The summed E-state index contributed by atoms with van der Waals surface area (Å²) in [5.74, 6) is 3.36. The summed E-state index contributed by atoms with van der Waals surface area (Å²) in [6, 6.07) is 32.0. The van der Waals surface area contributed by atoms with Crippen LogP contribution in [0.25, 0.3) is 22.3 Å². The number of carbonyl (C=O) groups is 1. The van der Waals surface area contributed by atoms with E-state index in [2.05, 4.69) is 162 Å². The van der Waals surface area contributed by atoms with Gasteiger partial charge in [-0.25, -0.2) is 0 Å². The van der Waals surface area contributed by atoms with E-state index < -0.39 is 7.92 Å². The minimum atomic E-state index is -1.20. The molecule has 0 bridgehead atoms. The van der Waals surface area contributed by atoms with E-state index in [0.29, 0.717) is 18.6 Å². The second kappa shape index (κ2) is 17.9. The van der Waals surface area contributed by atoms with E-state index in [-0.39, 0.29) is 35.7 Å². The average Bonchev–Trinajstić information content (AvgIpc) is 3.11. The van der Waals surface area contributed by atoms with Crippen LogP contribution in [0, 0.1) is 27.7 Å². The smallest absolute Gasteiger partial charge is 0.134 e. The molecule has 1 aliphatic heterocycles. The Morgan fingerprint density at radius 3 is 1.04 bits per heavy atom. The molecule has 1 fully saturated rings. The van der Waals surface area contributed by atoms with Crippen LogP contribution in [0.4, 0.5) is 0 Å². The van der Waals surface area contributed by atoms with E-state index in [1.165, 1.54) is 38.7 Å². The van der Waals surface area contributed by atoms with Gasteiger partial charge in [0.05, 0.1) is 35.5 Å². The number of benzene rings is 5. The van der Waals surface area contributed by atoms with Crippen LogP contribution in [0.2, 0.25) is 0 Å². The van der Waals surface area contributed by atoms with Gasteiger partial charge in [0.1, 0.15) is 28.8 Å². The third-order valence-corrected chi connectivity index (χ3v) is 13.7. The highest BCUT2D eigenvalue weighted by Crippen LogP contribution is 2.70. The van der Waals surface area contributed by atoms with Crippen molar-refractivity contribution in [2.75, 3.05) is 0 Å². The highest BCUT2D eigenvalue weighted by molar-refractivity contribution is 7.67. The Morgan fingerprint density at radius 1 is 0.456 bits per heavy atom. The summed E-state index contributed by atoms with van der Waals surface area (Å²) < 4.78 is 26.8. The summed E-state index contributed by atoms with van der Waals surface area (Å²) in [5.41, 5.74) is 11.2. The summed E-state index contributed by atoms with van der Waals surface area (Å²) in [5, 5.41) is 1.20. The summed E-state index contributed by atoms with van der Waals surface area (Å²) in [7, 11) is -1.20. The van der Waals surface area contributed by atoms with Crippen molar-refractivity contribution in [2.24, 2.45) is 0 Å². The quantitative estimate of drug-likeness (QED) is 0.111. The molecule has 5 aromatic carbocycles. The lowest BCUT2D eigenvalue weighted by Crippen LogP contribution is -2.27. The van der Waals surface area contributed by atoms with E-state index in [1.807, 2.05) is 12.1 Å². The Morgan fingerprint density at radius 2 is 0.737 bits per heavy atom. The Bertz CT molecular complexity index is 1970. The van der Waals surface area contributed by atoms with Crippen LogP contribution in [0.1, 0.15) is 113 Å². The predicted octanol–water partition coefficient (Wildman–Crippen LogP) is 13.4. The monoisotopic (exact) mass is 784 g/mol. The van der Waals surface area contributed by atoms with Gasteiger partial charge < -0.3 is 18.9 Å². The van der Waals surface area contributed by atoms with Crippen molar-refractivity contribution in [1.29, 1.82) is 0 Å². The fourth-order valence-electron chi connectivity index (χ4n) is 8.62. The molecule has 6 rings (SSSR count). The average molecular weight is 785 g/mol. The highest BCUT2D eigenvalue weighted by Gasteiger charge is 2.44. The lowest BCUT2D eigenvalue weighted by Gasteiger charge is -2.43. The Hall–Kier alpha value is -4.60. The van der Waals surface area contributed by atoms with Gasteiger partial charge in [-0.3, -0.25) is 4.79 Å². The minimum Gasteiger partial charge on any atom is -0.490 e. The van der Waals surface area contributed by atoms with Gasteiger partial charge in [0.25, 0.3) is 0 Å². The second-order valence-corrected chi connectivity index (χ2v) is 19.1. The lowest BCUT2D eigenvalue weighted by atomic mass is 9.92. The molecule has 1 heterocycles. The highest BCUT2D eigenvalue weighted by atomic mass is 31.1. The van der Waals surface area contributed by atoms with Gasteiger partial charge >= 0.3 is 0 Å². The van der Waals surface area contributed by atoms with Crippen molar-refractivity contribution in [1.82, 2.24) is 0 Å². The van der Waals surface area contributed by atoms with Crippen molar-refractivity contribution in [2.45, 2.75) is 132 Å². The van der Waals surface area contributed by atoms with E-state index in [1.54, 1.807) is 0 Å². The van der Waals surface area contributed by atoms with Gasteiger partial charge in [-0.1, -0.05) is 74.7 Å². The normalized spacial score (nSPS) is 17.1. The molecule has 1 aliphatic rings. The molecule has 5 aromatic rings. The van der Waals surface area contributed by atoms with Gasteiger partial charge in [-0.05, 0) is 157 Å². The molecule has 0 aromatic heterocycles. The molecule has 0 amide bonds. The molecule has 6 heteroatoms. The van der Waals surface area contributed by atoms with Gasteiger partial charge in [0.2, 0.25) is 0 Å². The molecule has 0 radical (unpaired) electrons. The number of carbonyl (C=O) groups excluding carboxylic acids is 1. The van der Waals surface area contributed by atoms with Crippen molar-refractivity contribution < 1.29 is 23.7 Å². The number of ether oxygens (including phenoxy) is 4. The van der Waals surface area contributed by atoms with E-state index >= 15 is 0 Å². The van der Waals surface area contributed by atoms with E-state index in [0.717, 1.165) is 45.3 Å². The van der Waals surface area contributed by atoms with Gasteiger partial charge in [0, 0.05) is 24.2 Å². The van der Waals surface area contributed by atoms with Gasteiger partial charge in [0.15, 0.2) is 0 Å². The molecule has 2 unspecified atom stereocenters. The fourth-order valence-corrected chi connectivity index (χ4v) is 12.8. The molecule has 300 valence electrons. The zero-order valence-corrected chi connectivity index (χ0v) is 36.9. The summed E-state index contributed by atoms with van der Waals surface area (Å²) in [4.78, 5) is 14.4. The lowest BCUT2D eigenvalue weighted by molar-refractivity contribution is -0.119. The molecule has 1 saturated heterocycles. The third-order valence-electron chi connectivity index (χ3n) is 10.5. The molecule has 0 spiro atoms. The predicted molar refractivity (Wildman–Crippen MR) is 238 cm³/mol. The molecule has 5 nitrogen and oxygen atoms in total. The molecule has 0 saturated carbocycles. The van der Waals surface area contributed by atoms with E-state index in [4.69, 9.17) is 18.9 Å². The Labute approximate surface area is 342 Å². The number of hydrogen-bond acceptors (Lipinski definition) is 5. The first kappa shape index (κ1) is 42.0. The Balaban J connectivity index is 1.85. The van der Waals surface area contributed by atoms with Crippen molar-refractivity contribution in [3.63, 3.8) is 0 Å². The second-order valence-electron chi connectivity index (χ2n) is 16.6. The maximum absolute atomic E-state index is 14.4. The van der Waals surface area contributed by atoms with Crippen LogP contribution < -0.4 is 24.3 Å². The van der Waals surface area contributed by atoms with Crippen LogP contribution in [-0.2, 0) is 4.79 Å². The number of hydrogen-bond donors (Lipinski definition) is 0. The maximum Gasteiger partial charge on any atom is 0.134 e. The molecule has 0 aliphatic carbocycles. The first-order chi connectivity index (χ1) is 27.2. The van der Waals surface area contributed by atoms with Gasteiger partial charge in [-0.15, -0.1) is 0 Å². The van der Waals surface area contributed by atoms with Crippen LogP contribution >= 0.6 is 7.92 Å². The summed E-state index contributed by atoms with van der Waals surface area (Å²) in [6.07, 6.45) is 0.645. The Kier molecular flexibility index (Phi) is 13.2. The molecule has 2 atom stereocenters. The molecule has 0 N–H and O–H groups in total. The summed E-state index contributed by atoms with van der Waals surface area (Å²) >= 11 is 0. The van der Waals surface area contributed by atoms with Crippen molar-refractivity contribution in [3.8, 4) is 45.3 Å². The van der Waals surface area contributed by atoms with Crippen LogP contribution in [0.15, 0.2) is 91.0 Å². The maximum atomic E-state index is 14.4. The topological polar surface area (TPSA) is 54.0 Å². The molecular weight excluding hydrogens is 724 g/mol. The van der Waals surface area contributed by atoms with Crippen LogP contribution in [0.5, 0.6) is 23.0 Å². The first-order valence-electron chi connectivity index (χ1n) is 20.6. The van der Waals surface area contributed by atoms with E-state index in [9.17, 15) is 4.79 Å². The fraction of sp³-hybridized carbons (Fsp3) is 0.392. The first-order valence-corrected chi connectivity index (χ1v) is 22.1. The SMILES string of the molecule is Cc1cccc(C)c1C1CC(=O)CC(c2c(C)cccc2C)P1c1c(-c2c(OC(C)C)cccc2OC(C)C)cccc1-c1c(OC(C)C)cccc1OC(C)C. The number of ketones is 1. The number of aryl methyl sites for hydroxylation is 4. The number of rotatable bonds is 13. The number of Topliss-reactive ketones (excluding diaryl/α,β-unsaturated/α-hetero) is 1. The minimum absolute atomic E-state index is 0.0633. The zero-order chi connectivity index (χ0) is 41.1. The van der Waals surface area contributed by atoms with Crippen molar-refractivity contribution in [3.05, 3.63) is 124 Å². The van der Waals surface area contributed by atoms with Gasteiger partial charge in [-0.2, -0.15) is 0 Å². The third kappa shape index (κ3) is 9.10.